The Morgan fingerprint density at radius 3 is 1.30 bits per heavy atom. The summed E-state index contributed by atoms with van der Waals surface area (Å²) in [4.78, 5) is 14.0. The Balaban J connectivity index is 1.15. The van der Waals surface area contributed by atoms with Gasteiger partial charge in [-0.25, -0.2) is 4.98 Å². The van der Waals surface area contributed by atoms with Gasteiger partial charge in [0.1, 0.15) is 0 Å². The van der Waals surface area contributed by atoms with Gasteiger partial charge in [0.15, 0.2) is 0 Å². The summed E-state index contributed by atoms with van der Waals surface area (Å²) in [7, 11) is 0. The summed E-state index contributed by atoms with van der Waals surface area (Å²) in [5.41, 5.74) is 11.4. The summed E-state index contributed by atoms with van der Waals surface area (Å²) in [5, 5.41) is 2.54. The van der Waals surface area contributed by atoms with Gasteiger partial charge >= 0.3 is 0 Å². The molecule has 0 amide bonds. The topological polar surface area (TPSA) is 43.6 Å². The predicted octanol–water partition coefficient (Wildman–Crippen LogP) is 9.64. The van der Waals surface area contributed by atoms with Crippen LogP contribution in [-0.2, 0) is 0 Å². The van der Waals surface area contributed by atoms with Crippen LogP contribution in [0.4, 0.5) is 0 Å². The van der Waals surface area contributed by atoms with Crippen LogP contribution >= 0.6 is 0 Å². The number of hydrogen-bond donors (Lipinski definition) is 0. The molecule has 202 valence electrons. The number of nitrogens with zero attached hydrogens (tertiary/aromatic N) is 4. The quantitative estimate of drug-likeness (QED) is 0.214. The Kier molecular flexibility index (Phi) is 6.08. The third kappa shape index (κ3) is 4.55. The molecule has 0 bridgehead atoms. The molecule has 0 N–H and O–H groups in total. The lowest BCUT2D eigenvalue weighted by atomic mass is 9.99. The van der Waals surface area contributed by atoms with Gasteiger partial charge in [0.25, 0.3) is 0 Å². The molecule has 0 saturated heterocycles. The largest absolute Gasteiger partial charge is 0.309 e. The number of rotatable bonds is 5. The lowest BCUT2D eigenvalue weighted by Gasteiger charge is -2.11. The molecule has 0 spiro atoms. The Morgan fingerprint density at radius 1 is 0.372 bits per heavy atom. The van der Waals surface area contributed by atoms with Crippen molar-refractivity contribution in [2.45, 2.75) is 0 Å². The first-order chi connectivity index (χ1) is 21.3. The molecule has 0 atom stereocenters. The van der Waals surface area contributed by atoms with Gasteiger partial charge in [0, 0.05) is 28.9 Å². The van der Waals surface area contributed by atoms with Crippen LogP contribution in [0.15, 0.2) is 158 Å². The minimum absolute atomic E-state index is 0.823. The second kappa shape index (κ2) is 10.5. The highest BCUT2D eigenvalue weighted by molar-refractivity contribution is 6.09. The summed E-state index contributed by atoms with van der Waals surface area (Å²) in [6, 6.07) is 50.8. The molecule has 0 aliphatic carbocycles. The number of benzene rings is 4. The van der Waals surface area contributed by atoms with Crippen molar-refractivity contribution in [2.75, 3.05) is 0 Å². The van der Waals surface area contributed by atoms with Crippen LogP contribution in [0.5, 0.6) is 0 Å². The minimum atomic E-state index is 0.823. The summed E-state index contributed by atoms with van der Waals surface area (Å²) in [5.74, 6) is 0. The molecule has 8 rings (SSSR count). The molecule has 0 fully saturated rings. The molecule has 4 heterocycles. The van der Waals surface area contributed by atoms with E-state index in [1.54, 1.807) is 12.4 Å². The molecule has 0 unspecified atom stereocenters. The van der Waals surface area contributed by atoms with Gasteiger partial charge < -0.3 is 4.57 Å². The van der Waals surface area contributed by atoms with Crippen molar-refractivity contribution in [3.05, 3.63) is 158 Å². The van der Waals surface area contributed by atoms with Gasteiger partial charge in [0.2, 0.25) is 0 Å². The van der Waals surface area contributed by atoms with E-state index >= 15 is 0 Å². The van der Waals surface area contributed by atoms with Crippen LogP contribution in [0.2, 0.25) is 0 Å². The number of aromatic nitrogens is 4. The van der Waals surface area contributed by atoms with Crippen molar-refractivity contribution in [1.29, 1.82) is 0 Å². The zero-order chi connectivity index (χ0) is 28.6. The van der Waals surface area contributed by atoms with Crippen molar-refractivity contribution >= 4 is 21.8 Å². The fraction of sp³-hybridized carbons (Fsp3) is 0. The first-order valence-electron chi connectivity index (χ1n) is 14.4. The SMILES string of the molecule is c1ccc(-c2cc(-c3ccc(-c4ccc(-n5c6ccccc6c6ccccc65)cc4)cc3)cc(-c3ccccn3)n2)nc1. The van der Waals surface area contributed by atoms with Crippen LogP contribution in [0.3, 0.4) is 0 Å². The second-order valence-electron chi connectivity index (χ2n) is 10.6. The third-order valence-corrected chi connectivity index (χ3v) is 7.94. The summed E-state index contributed by atoms with van der Waals surface area (Å²) >= 11 is 0. The summed E-state index contributed by atoms with van der Waals surface area (Å²) < 4.78 is 2.35. The number of fused-ring (bicyclic) bond motifs is 3. The molecule has 8 aromatic rings. The minimum Gasteiger partial charge on any atom is -0.309 e. The van der Waals surface area contributed by atoms with Crippen molar-refractivity contribution in [1.82, 2.24) is 19.5 Å². The molecule has 4 aromatic heterocycles. The van der Waals surface area contributed by atoms with E-state index in [2.05, 4.69) is 124 Å². The average molecular weight is 551 g/mol. The predicted molar refractivity (Wildman–Crippen MR) is 176 cm³/mol. The number of hydrogen-bond acceptors (Lipinski definition) is 3. The molecule has 0 aliphatic heterocycles. The Bertz CT molecular complexity index is 2090. The molecule has 0 saturated carbocycles. The Labute approximate surface area is 249 Å². The van der Waals surface area contributed by atoms with E-state index in [-0.39, 0.29) is 0 Å². The molecule has 4 aromatic carbocycles. The van der Waals surface area contributed by atoms with Crippen molar-refractivity contribution in [3.8, 4) is 50.7 Å². The van der Waals surface area contributed by atoms with E-state index in [9.17, 15) is 0 Å². The third-order valence-electron chi connectivity index (χ3n) is 7.94. The van der Waals surface area contributed by atoms with Crippen molar-refractivity contribution in [2.24, 2.45) is 0 Å². The van der Waals surface area contributed by atoms with Crippen molar-refractivity contribution in [3.63, 3.8) is 0 Å². The van der Waals surface area contributed by atoms with Crippen LogP contribution in [-0.4, -0.2) is 19.5 Å². The summed E-state index contributed by atoms with van der Waals surface area (Å²) in [6.45, 7) is 0. The van der Waals surface area contributed by atoms with Gasteiger partial charge in [0.05, 0.1) is 33.8 Å². The Hall–Kier alpha value is -5.87. The molecule has 0 radical (unpaired) electrons. The first kappa shape index (κ1) is 24.9. The normalized spacial score (nSPS) is 11.3. The smallest absolute Gasteiger partial charge is 0.0900 e. The molecule has 4 nitrogen and oxygen atoms in total. The van der Waals surface area contributed by atoms with Gasteiger partial charge in [-0.05, 0) is 82.9 Å². The van der Waals surface area contributed by atoms with E-state index in [4.69, 9.17) is 4.98 Å². The van der Waals surface area contributed by atoms with E-state index in [1.165, 1.54) is 32.9 Å². The highest BCUT2D eigenvalue weighted by atomic mass is 15.0. The number of pyridine rings is 3. The maximum absolute atomic E-state index is 4.90. The van der Waals surface area contributed by atoms with E-state index in [0.29, 0.717) is 0 Å². The molecule has 43 heavy (non-hydrogen) atoms. The zero-order valence-corrected chi connectivity index (χ0v) is 23.3. The number of para-hydroxylation sites is 2. The molecular formula is C39H26N4. The highest BCUT2D eigenvalue weighted by Crippen LogP contribution is 2.34. The van der Waals surface area contributed by atoms with Gasteiger partial charge in [-0.1, -0.05) is 84.9 Å². The standard InChI is InChI=1S/C39H26N4/c1-3-13-38-32(9-1)33-10-2-4-14-39(33)43(38)31-21-19-28(20-22-31)27-15-17-29(18-16-27)30-25-36(34-11-5-7-23-40-34)42-37(26-30)35-12-6-8-24-41-35/h1-26H. The van der Waals surface area contributed by atoms with E-state index in [0.717, 1.165) is 39.6 Å². The summed E-state index contributed by atoms with van der Waals surface area (Å²) in [6.07, 6.45) is 3.59. The van der Waals surface area contributed by atoms with E-state index in [1.807, 2.05) is 36.4 Å². The van der Waals surface area contributed by atoms with Crippen LogP contribution in [0.1, 0.15) is 0 Å². The van der Waals surface area contributed by atoms with Crippen LogP contribution < -0.4 is 0 Å². The zero-order valence-electron chi connectivity index (χ0n) is 23.3. The molecule has 0 aliphatic rings. The molecular weight excluding hydrogens is 524 g/mol. The highest BCUT2D eigenvalue weighted by Gasteiger charge is 2.13. The van der Waals surface area contributed by atoms with Gasteiger partial charge in [-0.2, -0.15) is 0 Å². The molecule has 4 heteroatoms. The second-order valence-corrected chi connectivity index (χ2v) is 10.6. The van der Waals surface area contributed by atoms with Crippen LogP contribution in [0.25, 0.3) is 72.5 Å². The Morgan fingerprint density at radius 2 is 0.814 bits per heavy atom. The van der Waals surface area contributed by atoms with Crippen LogP contribution in [0, 0.1) is 0 Å². The maximum Gasteiger partial charge on any atom is 0.0900 e. The van der Waals surface area contributed by atoms with Gasteiger partial charge in [-0.3, -0.25) is 9.97 Å². The maximum atomic E-state index is 4.90. The lowest BCUT2D eigenvalue weighted by Crippen LogP contribution is -1.94. The van der Waals surface area contributed by atoms with Crippen molar-refractivity contribution < 1.29 is 0 Å². The first-order valence-corrected chi connectivity index (χ1v) is 14.4. The van der Waals surface area contributed by atoms with Gasteiger partial charge in [-0.15, -0.1) is 0 Å². The lowest BCUT2D eigenvalue weighted by molar-refractivity contribution is 1.18. The van der Waals surface area contributed by atoms with E-state index < -0.39 is 0 Å². The average Bonchev–Trinajstić information content (AvgIpc) is 3.43. The fourth-order valence-corrected chi connectivity index (χ4v) is 5.85. The monoisotopic (exact) mass is 550 g/mol. The fourth-order valence-electron chi connectivity index (χ4n) is 5.85.